The molecule has 1 saturated heterocycles. The van der Waals surface area contributed by atoms with E-state index in [2.05, 4.69) is 10.6 Å². The van der Waals surface area contributed by atoms with Gasteiger partial charge in [0, 0.05) is 13.1 Å². The fourth-order valence-corrected chi connectivity index (χ4v) is 4.13. The molecular weight excluding hydrogens is 212 g/mol. The van der Waals surface area contributed by atoms with Gasteiger partial charge in [-0.1, -0.05) is 6.42 Å². The minimum absolute atomic E-state index is 0.232. The molecule has 0 aromatic heterocycles. The molecule has 4 atom stereocenters. The van der Waals surface area contributed by atoms with Crippen molar-refractivity contribution in [3.63, 3.8) is 0 Å². The van der Waals surface area contributed by atoms with E-state index in [0.717, 1.165) is 43.8 Å². The zero-order valence-corrected chi connectivity index (χ0v) is 10.6. The van der Waals surface area contributed by atoms with Gasteiger partial charge in [0.05, 0.1) is 5.92 Å². The highest BCUT2D eigenvalue weighted by atomic mass is 16.1. The van der Waals surface area contributed by atoms with Crippen LogP contribution in [-0.2, 0) is 4.79 Å². The average molecular weight is 236 g/mol. The van der Waals surface area contributed by atoms with Crippen molar-refractivity contribution < 1.29 is 4.79 Å². The average Bonchev–Trinajstić information content (AvgIpc) is 3.06. The van der Waals surface area contributed by atoms with Gasteiger partial charge in [0.1, 0.15) is 0 Å². The number of rotatable bonds is 4. The summed E-state index contributed by atoms with van der Waals surface area (Å²) in [5.74, 6) is 3.44. The van der Waals surface area contributed by atoms with E-state index in [1.807, 2.05) is 0 Å². The maximum atomic E-state index is 11.8. The molecule has 2 saturated carbocycles. The second kappa shape index (κ2) is 4.97. The first-order valence-corrected chi connectivity index (χ1v) is 7.31. The zero-order chi connectivity index (χ0) is 11.7. The lowest BCUT2D eigenvalue weighted by molar-refractivity contribution is -0.124. The second-order valence-electron chi connectivity index (χ2n) is 6.20. The van der Waals surface area contributed by atoms with Crippen molar-refractivity contribution in [2.75, 3.05) is 19.6 Å². The number of carbonyl (C=O) groups excluding carboxylic acids is 1. The maximum absolute atomic E-state index is 11.8. The van der Waals surface area contributed by atoms with E-state index in [4.69, 9.17) is 0 Å². The van der Waals surface area contributed by atoms with Gasteiger partial charge in [0.2, 0.25) is 5.91 Å². The first kappa shape index (κ1) is 11.5. The summed E-state index contributed by atoms with van der Waals surface area (Å²) < 4.78 is 0. The number of fused-ring (bicyclic) bond motifs is 2. The summed E-state index contributed by atoms with van der Waals surface area (Å²) in [6.07, 6.45) is 8.07. The smallest absolute Gasteiger partial charge is 0.224 e. The van der Waals surface area contributed by atoms with Gasteiger partial charge >= 0.3 is 0 Å². The number of nitrogens with one attached hydrogen (secondary N) is 2. The number of carbonyl (C=O) groups is 1. The van der Waals surface area contributed by atoms with Crippen molar-refractivity contribution in [3.05, 3.63) is 0 Å². The highest BCUT2D eigenvalue weighted by Crippen LogP contribution is 2.49. The Morgan fingerprint density at radius 3 is 2.82 bits per heavy atom. The van der Waals surface area contributed by atoms with Gasteiger partial charge in [-0.2, -0.15) is 0 Å². The Morgan fingerprint density at radius 2 is 2.18 bits per heavy atom. The molecule has 2 aliphatic carbocycles. The molecule has 3 nitrogen and oxygen atoms in total. The van der Waals surface area contributed by atoms with Crippen molar-refractivity contribution in [2.24, 2.45) is 23.7 Å². The van der Waals surface area contributed by atoms with Crippen LogP contribution >= 0.6 is 0 Å². The number of amides is 1. The van der Waals surface area contributed by atoms with Crippen LogP contribution in [0.1, 0.15) is 38.5 Å². The van der Waals surface area contributed by atoms with Crippen molar-refractivity contribution in [1.82, 2.24) is 10.6 Å². The third-order valence-corrected chi connectivity index (χ3v) is 5.13. The maximum Gasteiger partial charge on any atom is 0.224 e. The van der Waals surface area contributed by atoms with Gasteiger partial charge in [-0.25, -0.2) is 0 Å². The summed E-state index contributed by atoms with van der Waals surface area (Å²) in [5.41, 5.74) is 0. The van der Waals surface area contributed by atoms with Crippen molar-refractivity contribution in [3.8, 4) is 0 Å². The van der Waals surface area contributed by atoms with E-state index in [1.165, 1.54) is 32.1 Å². The van der Waals surface area contributed by atoms with Crippen molar-refractivity contribution >= 4 is 5.91 Å². The van der Waals surface area contributed by atoms with Crippen LogP contribution in [0, 0.1) is 23.7 Å². The van der Waals surface area contributed by atoms with Crippen LogP contribution in [0.5, 0.6) is 0 Å². The molecule has 1 aliphatic heterocycles. The Kier molecular flexibility index (Phi) is 3.37. The minimum Gasteiger partial charge on any atom is -0.356 e. The summed E-state index contributed by atoms with van der Waals surface area (Å²) in [6.45, 7) is 2.79. The summed E-state index contributed by atoms with van der Waals surface area (Å²) in [6, 6.07) is 0. The van der Waals surface area contributed by atoms with E-state index >= 15 is 0 Å². The largest absolute Gasteiger partial charge is 0.356 e. The molecule has 1 heterocycles. The molecule has 0 aromatic rings. The van der Waals surface area contributed by atoms with Gasteiger partial charge in [0.15, 0.2) is 0 Å². The molecule has 0 aromatic carbocycles. The van der Waals surface area contributed by atoms with E-state index in [0.29, 0.717) is 0 Å². The fraction of sp³-hybridized carbons (Fsp3) is 0.929. The standard InChI is InChI=1S/C14H24N2O/c17-14(13-3-5-15-9-13)16-6-4-12-8-10-1-2-11(12)7-10/h10-13,15H,1-9H2,(H,16,17). The van der Waals surface area contributed by atoms with E-state index < -0.39 is 0 Å². The topological polar surface area (TPSA) is 41.1 Å². The third-order valence-electron chi connectivity index (χ3n) is 5.13. The Balaban J connectivity index is 1.36. The first-order chi connectivity index (χ1) is 8.33. The van der Waals surface area contributed by atoms with Crippen LogP contribution in [0.2, 0.25) is 0 Å². The molecule has 2 N–H and O–H groups in total. The fourth-order valence-electron chi connectivity index (χ4n) is 4.13. The molecule has 3 aliphatic rings. The molecule has 2 bridgehead atoms. The molecule has 17 heavy (non-hydrogen) atoms. The van der Waals surface area contributed by atoms with Gasteiger partial charge in [-0.05, 0) is 56.4 Å². The van der Waals surface area contributed by atoms with Gasteiger partial charge in [-0.3, -0.25) is 4.79 Å². The summed E-state index contributed by atoms with van der Waals surface area (Å²) >= 11 is 0. The Labute approximate surface area is 104 Å². The highest BCUT2D eigenvalue weighted by molar-refractivity contribution is 5.79. The molecule has 3 rings (SSSR count). The predicted molar refractivity (Wildman–Crippen MR) is 67.5 cm³/mol. The lowest BCUT2D eigenvalue weighted by Gasteiger charge is -2.21. The lowest BCUT2D eigenvalue weighted by Crippen LogP contribution is -2.33. The molecule has 3 heteroatoms. The molecule has 0 spiro atoms. The third kappa shape index (κ3) is 2.49. The summed E-state index contributed by atoms with van der Waals surface area (Å²) in [5, 5.41) is 6.38. The molecule has 0 radical (unpaired) electrons. The summed E-state index contributed by atoms with van der Waals surface area (Å²) in [4.78, 5) is 11.8. The van der Waals surface area contributed by atoms with Crippen molar-refractivity contribution in [2.45, 2.75) is 38.5 Å². The molecule has 3 fully saturated rings. The van der Waals surface area contributed by atoms with Gasteiger partial charge in [0.25, 0.3) is 0 Å². The van der Waals surface area contributed by atoms with Crippen molar-refractivity contribution in [1.29, 1.82) is 0 Å². The Morgan fingerprint density at radius 1 is 1.24 bits per heavy atom. The molecular formula is C14H24N2O. The van der Waals surface area contributed by atoms with Crippen LogP contribution < -0.4 is 10.6 Å². The number of hydrogen-bond acceptors (Lipinski definition) is 2. The molecule has 4 unspecified atom stereocenters. The van der Waals surface area contributed by atoms with Crippen LogP contribution in [0.15, 0.2) is 0 Å². The minimum atomic E-state index is 0.232. The zero-order valence-electron chi connectivity index (χ0n) is 10.6. The van der Waals surface area contributed by atoms with E-state index in [1.54, 1.807) is 0 Å². The monoisotopic (exact) mass is 236 g/mol. The Bertz CT molecular complexity index is 286. The van der Waals surface area contributed by atoms with Gasteiger partial charge < -0.3 is 10.6 Å². The van der Waals surface area contributed by atoms with E-state index in [-0.39, 0.29) is 11.8 Å². The number of hydrogen-bond donors (Lipinski definition) is 2. The van der Waals surface area contributed by atoms with Crippen LogP contribution in [0.4, 0.5) is 0 Å². The lowest BCUT2D eigenvalue weighted by atomic mass is 9.86. The predicted octanol–water partition coefficient (Wildman–Crippen LogP) is 1.54. The Hall–Kier alpha value is -0.570. The summed E-state index contributed by atoms with van der Waals surface area (Å²) in [7, 11) is 0. The second-order valence-corrected chi connectivity index (χ2v) is 6.20. The van der Waals surface area contributed by atoms with Crippen LogP contribution in [-0.4, -0.2) is 25.5 Å². The van der Waals surface area contributed by atoms with Crippen LogP contribution in [0.25, 0.3) is 0 Å². The quantitative estimate of drug-likeness (QED) is 0.777. The van der Waals surface area contributed by atoms with Gasteiger partial charge in [-0.15, -0.1) is 0 Å². The normalized spacial score (nSPS) is 39.8. The van der Waals surface area contributed by atoms with Crippen LogP contribution in [0.3, 0.4) is 0 Å². The highest BCUT2D eigenvalue weighted by Gasteiger charge is 2.38. The molecule has 1 amide bonds. The first-order valence-electron chi connectivity index (χ1n) is 7.31. The molecule has 96 valence electrons. The van der Waals surface area contributed by atoms with E-state index in [9.17, 15) is 4.79 Å². The SMILES string of the molecule is O=C(NCCC1CC2CCC1C2)C1CCNC1.